The Hall–Kier alpha value is -1.65. The Kier molecular flexibility index (Phi) is 4.80. The first-order valence-corrected chi connectivity index (χ1v) is 7.39. The van der Waals surface area contributed by atoms with E-state index < -0.39 is 5.97 Å². The summed E-state index contributed by atoms with van der Waals surface area (Å²) in [5.41, 5.74) is 1.40. The van der Waals surface area contributed by atoms with Crippen LogP contribution in [-0.2, 0) is 0 Å². The predicted molar refractivity (Wildman–Crippen MR) is 88.9 cm³/mol. The first kappa shape index (κ1) is 15.7. The van der Waals surface area contributed by atoms with Crippen LogP contribution in [0, 0.1) is 0 Å². The van der Waals surface area contributed by atoms with E-state index in [4.69, 9.17) is 16.7 Å². The minimum atomic E-state index is -1.05. The van der Waals surface area contributed by atoms with Crippen molar-refractivity contribution in [3.8, 4) is 0 Å². The lowest BCUT2D eigenvalue weighted by Crippen LogP contribution is -2.05. The molecule has 3 nitrogen and oxygen atoms in total. The topological polar surface area (TPSA) is 50.2 Å². The van der Waals surface area contributed by atoms with Crippen molar-refractivity contribution < 1.29 is 9.90 Å². The van der Waals surface area contributed by atoms with Crippen molar-refractivity contribution in [3.05, 3.63) is 70.6 Å². The molecule has 21 heavy (non-hydrogen) atoms. The highest BCUT2D eigenvalue weighted by molar-refractivity contribution is 9.10. The summed E-state index contributed by atoms with van der Waals surface area (Å²) in [5, 5.41) is 9.46. The third-order valence-corrected chi connectivity index (χ3v) is 3.60. The molecule has 108 valence electrons. The lowest BCUT2D eigenvalue weighted by Gasteiger charge is -2.09. The predicted octanol–water partition coefficient (Wildman–Crippen LogP) is 4.65. The Morgan fingerprint density at radius 1 is 1.43 bits per heavy atom. The standard InChI is InChI=1S/C16H13BrClNO2/c1-16(17)7-2-3-11(6-8-16)4-5-14-13(15(20)21)9-12(18)10-19-14/h2-10H,1H3,(H,20,21)/b5-4+. The number of allylic oxidation sites excluding steroid dienone is 7. The van der Waals surface area contributed by atoms with Crippen molar-refractivity contribution in [2.24, 2.45) is 0 Å². The molecule has 0 aromatic carbocycles. The van der Waals surface area contributed by atoms with Crippen LogP contribution in [0.25, 0.3) is 6.08 Å². The normalized spacial score (nSPS) is 21.4. The summed E-state index contributed by atoms with van der Waals surface area (Å²) in [6, 6.07) is 1.39. The largest absolute Gasteiger partial charge is 0.478 e. The minimum absolute atomic E-state index is 0.0813. The molecule has 1 aromatic heterocycles. The highest BCUT2D eigenvalue weighted by Crippen LogP contribution is 2.24. The van der Waals surface area contributed by atoms with E-state index in [1.165, 1.54) is 12.3 Å². The molecule has 0 radical (unpaired) electrons. The molecule has 0 aliphatic heterocycles. The third-order valence-electron chi connectivity index (χ3n) is 2.86. The van der Waals surface area contributed by atoms with Crippen molar-refractivity contribution in [3.63, 3.8) is 0 Å². The van der Waals surface area contributed by atoms with Crippen LogP contribution >= 0.6 is 27.5 Å². The van der Waals surface area contributed by atoms with Gasteiger partial charge < -0.3 is 5.11 Å². The molecule has 0 bridgehead atoms. The van der Waals surface area contributed by atoms with Gasteiger partial charge in [0.15, 0.2) is 0 Å². The second-order valence-corrected chi connectivity index (χ2v) is 6.88. The lowest BCUT2D eigenvalue weighted by molar-refractivity contribution is 0.0696. The number of carboxylic acid groups (broad SMARTS) is 1. The van der Waals surface area contributed by atoms with Gasteiger partial charge in [-0.3, -0.25) is 4.98 Å². The van der Waals surface area contributed by atoms with Gasteiger partial charge in [0.25, 0.3) is 0 Å². The number of hydrogen-bond acceptors (Lipinski definition) is 2. The number of hydrogen-bond donors (Lipinski definition) is 1. The van der Waals surface area contributed by atoms with Gasteiger partial charge in [0.2, 0.25) is 0 Å². The van der Waals surface area contributed by atoms with Gasteiger partial charge in [0.05, 0.1) is 20.6 Å². The second-order valence-electron chi connectivity index (χ2n) is 4.74. The van der Waals surface area contributed by atoms with Crippen LogP contribution in [0.15, 0.2) is 54.3 Å². The maximum Gasteiger partial charge on any atom is 0.337 e. The van der Waals surface area contributed by atoms with Crippen molar-refractivity contribution >= 4 is 39.6 Å². The first-order chi connectivity index (χ1) is 9.87. The van der Waals surface area contributed by atoms with E-state index in [2.05, 4.69) is 20.9 Å². The summed E-state index contributed by atoms with van der Waals surface area (Å²) in [5.74, 6) is -1.05. The van der Waals surface area contributed by atoms with Gasteiger partial charge in [-0.05, 0) is 24.6 Å². The molecular formula is C16H13BrClNO2. The zero-order valence-electron chi connectivity index (χ0n) is 11.3. The van der Waals surface area contributed by atoms with Gasteiger partial charge in [-0.15, -0.1) is 0 Å². The highest BCUT2D eigenvalue weighted by atomic mass is 79.9. The SMILES string of the molecule is CC1(Br)C=CC=C(/C=C/c2ncc(Cl)cc2C(=O)O)C=C1. The number of aromatic nitrogens is 1. The van der Waals surface area contributed by atoms with E-state index in [1.54, 1.807) is 6.08 Å². The average molecular weight is 367 g/mol. The number of alkyl halides is 1. The number of aromatic carboxylic acids is 1. The molecule has 1 unspecified atom stereocenters. The lowest BCUT2D eigenvalue weighted by atomic mass is 10.1. The fourth-order valence-electron chi connectivity index (χ4n) is 1.76. The molecule has 0 amide bonds. The molecule has 0 spiro atoms. The van der Waals surface area contributed by atoms with E-state index in [0.717, 1.165) is 5.57 Å². The second kappa shape index (κ2) is 6.41. The van der Waals surface area contributed by atoms with E-state index >= 15 is 0 Å². The molecule has 1 heterocycles. The Morgan fingerprint density at radius 3 is 2.90 bits per heavy atom. The van der Waals surface area contributed by atoms with Crippen LogP contribution in [0.2, 0.25) is 5.02 Å². The number of pyridine rings is 1. The summed E-state index contributed by atoms with van der Waals surface area (Å²) >= 11 is 9.34. The Bertz CT molecular complexity index is 688. The molecule has 1 aromatic rings. The number of nitrogens with zero attached hydrogens (tertiary/aromatic N) is 1. The fourth-order valence-corrected chi connectivity index (χ4v) is 2.20. The van der Waals surface area contributed by atoms with Crippen LogP contribution in [0.3, 0.4) is 0 Å². The highest BCUT2D eigenvalue weighted by Gasteiger charge is 2.12. The van der Waals surface area contributed by atoms with E-state index in [9.17, 15) is 4.79 Å². The van der Waals surface area contributed by atoms with Gasteiger partial charge in [-0.2, -0.15) is 0 Å². The van der Waals surface area contributed by atoms with Crippen LogP contribution in [0.1, 0.15) is 23.0 Å². The molecule has 1 aliphatic carbocycles. The van der Waals surface area contributed by atoms with E-state index in [1.807, 2.05) is 43.4 Å². The van der Waals surface area contributed by atoms with Gasteiger partial charge in [-0.25, -0.2) is 4.79 Å². The van der Waals surface area contributed by atoms with Gasteiger partial charge in [0.1, 0.15) is 0 Å². The van der Waals surface area contributed by atoms with Crippen LogP contribution < -0.4 is 0 Å². The van der Waals surface area contributed by atoms with Gasteiger partial charge in [0, 0.05) is 6.20 Å². The Balaban J connectivity index is 2.29. The molecule has 5 heteroatoms. The summed E-state index contributed by atoms with van der Waals surface area (Å²) in [6.45, 7) is 2.03. The zero-order valence-corrected chi connectivity index (χ0v) is 13.6. The van der Waals surface area contributed by atoms with Crippen LogP contribution in [0.4, 0.5) is 0 Å². The van der Waals surface area contributed by atoms with Crippen LogP contribution in [0.5, 0.6) is 0 Å². The first-order valence-electron chi connectivity index (χ1n) is 6.22. The summed E-state index contributed by atoms with van der Waals surface area (Å²) in [7, 11) is 0. The van der Waals surface area contributed by atoms with E-state index in [0.29, 0.717) is 10.7 Å². The van der Waals surface area contributed by atoms with Crippen molar-refractivity contribution in [1.82, 2.24) is 4.98 Å². The zero-order chi connectivity index (χ0) is 15.5. The van der Waals surface area contributed by atoms with E-state index in [-0.39, 0.29) is 9.89 Å². The number of carboxylic acids is 1. The number of halogens is 2. The Morgan fingerprint density at radius 2 is 2.19 bits per heavy atom. The maximum absolute atomic E-state index is 11.2. The maximum atomic E-state index is 11.2. The van der Waals surface area contributed by atoms with Crippen molar-refractivity contribution in [2.75, 3.05) is 0 Å². The quantitative estimate of drug-likeness (QED) is 0.792. The summed E-state index contributed by atoms with van der Waals surface area (Å²) < 4.78 is -0.177. The van der Waals surface area contributed by atoms with Gasteiger partial charge in [-0.1, -0.05) is 64.0 Å². The van der Waals surface area contributed by atoms with Gasteiger partial charge >= 0.3 is 5.97 Å². The smallest absolute Gasteiger partial charge is 0.337 e. The number of carbonyl (C=O) groups is 1. The molecule has 0 fully saturated rings. The minimum Gasteiger partial charge on any atom is -0.478 e. The van der Waals surface area contributed by atoms with Crippen molar-refractivity contribution in [2.45, 2.75) is 11.2 Å². The molecule has 0 saturated heterocycles. The number of rotatable bonds is 3. The molecule has 2 rings (SSSR count). The molecule has 1 N–H and O–H groups in total. The Labute approximate surface area is 136 Å². The van der Waals surface area contributed by atoms with Crippen LogP contribution in [-0.4, -0.2) is 20.4 Å². The average Bonchev–Trinajstić information content (AvgIpc) is 2.58. The molecule has 1 aliphatic rings. The van der Waals surface area contributed by atoms with Crippen molar-refractivity contribution in [1.29, 1.82) is 0 Å². The molecular weight excluding hydrogens is 354 g/mol. The fraction of sp³-hybridized carbons (Fsp3) is 0.125. The monoisotopic (exact) mass is 365 g/mol. The summed E-state index contributed by atoms with van der Waals surface area (Å²) in [6.07, 6.45) is 14.8. The molecule has 0 saturated carbocycles. The third kappa shape index (κ3) is 4.41. The summed E-state index contributed by atoms with van der Waals surface area (Å²) in [4.78, 5) is 15.2. The molecule has 1 atom stereocenters.